The molecule has 3 rings (SSSR count). The number of ether oxygens (including phenoxy) is 1. The maximum absolute atomic E-state index is 14.0. The number of hydrogen-bond donors (Lipinski definition) is 2. The highest BCUT2D eigenvalue weighted by Crippen LogP contribution is 2.21. The van der Waals surface area contributed by atoms with Gasteiger partial charge in [0.25, 0.3) is 0 Å². The molecule has 1 atom stereocenters. The SMILES string of the molecule is CCNC(=NCc1cccc(OCC(F)(F)F)c1)NC1CCN(c2ncccc2F)C1. The zero-order valence-electron chi connectivity index (χ0n) is 17.1. The van der Waals surface area contributed by atoms with Crippen LogP contribution in [0.1, 0.15) is 18.9 Å². The van der Waals surface area contributed by atoms with Crippen LogP contribution in [0.4, 0.5) is 23.4 Å². The van der Waals surface area contributed by atoms with E-state index in [-0.39, 0.29) is 24.2 Å². The largest absolute Gasteiger partial charge is 0.484 e. The zero-order valence-corrected chi connectivity index (χ0v) is 17.1. The van der Waals surface area contributed by atoms with Crippen molar-refractivity contribution < 1.29 is 22.3 Å². The highest BCUT2D eigenvalue weighted by Gasteiger charge is 2.28. The van der Waals surface area contributed by atoms with Gasteiger partial charge < -0.3 is 20.3 Å². The molecule has 1 aliphatic rings. The number of guanidine groups is 1. The first-order valence-electron chi connectivity index (χ1n) is 10.0. The topological polar surface area (TPSA) is 61.8 Å². The summed E-state index contributed by atoms with van der Waals surface area (Å²) in [6.07, 6.45) is -2.03. The van der Waals surface area contributed by atoms with Gasteiger partial charge in [0.15, 0.2) is 24.2 Å². The molecule has 1 aromatic heterocycles. The van der Waals surface area contributed by atoms with Crippen LogP contribution in [0.15, 0.2) is 47.6 Å². The highest BCUT2D eigenvalue weighted by atomic mass is 19.4. The minimum absolute atomic E-state index is 0.0562. The van der Waals surface area contributed by atoms with Crippen LogP contribution in [0.3, 0.4) is 0 Å². The average molecular weight is 439 g/mol. The van der Waals surface area contributed by atoms with Gasteiger partial charge in [0.1, 0.15) is 5.75 Å². The predicted molar refractivity (Wildman–Crippen MR) is 111 cm³/mol. The number of anilines is 1. The third-order valence-corrected chi connectivity index (χ3v) is 4.63. The molecule has 0 bridgehead atoms. The van der Waals surface area contributed by atoms with Crippen LogP contribution in [0.25, 0.3) is 0 Å². The molecule has 10 heteroatoms. The number of halogens is 4. The van der Waals surface area contributed by atoms with Gasteiger partial charge >= 0.3 is 6.18 Å². The lowest BCUT2D eigenvalue weighted by molar-refractivity contribution is -0.153. The van der Waals surface area contributed by atoms with Crippen molar-refractivity contribution in [3.8, 4) is 5.75 Å². The van der Waals surface area contributed by atoms with E-state index in [9.17, 15) is 17.6 Å². The number of aromatic nitrogens is 1. The van der Waals surface area contributed by atoms with Gasteiger partial charge in [-0.25, -0.2) is 14.4 Å². The van der Waals surface area contributed by atoms with Crippen LogP contribution in [-0.2, 0) is 6.54 Å². The summed E-state index contributed by atoms with van der Waals surface area (Å²) in [5.74, 6) is 0.713. The maximum atomic E-state index is 14.0. The Labute approximate surface area is 178 Å². The van der Waals surface area contributed by atoms with E-state index in [1.807, 2.05) is 11.8 Å². The molecule has 2 aromatic rings. The molecule has 1 saturated heterocycles. The summed E-state index contributed by atoms with van der Waals surface area (Å²) >= 11 is 0. The number of benzene rings is 1. The molecule has 0 spiro atoms. The van der Waals surface area contributed by atoms with Crippen molar-refractivity contribution in [2.75, 3.05) is 31.1 Å². The minimum Gasteiger partial charge on any atom is -0.484 e. The highest BCUT2D eigenvalue weighted by molar-refractivity contribution is 5.80. The Morgan fingerprint density at radius 2 is 2.13 bits per heavy atom. The summed E-state index contributed by atoms with van der Waals surface area (Å²) in [5, 5.41) is 6.49. The van der Waals surface area contributed by atoms with E-state index in [0.717, 1.165) is 12.0 Å². The third kappa shape index (κ3) is 7.01. The Morgan fingerprint density at radius 3 is 2.87 bits per heavy atom. The molecule has 0 saturated carbocycles. The quantitative estimate of drug-likeness (QED) is 0.393. The van der Waals surface area contributed by atoms with E-state index in [0.29, 0.717) is 31.4 Å². The summed E-state index contributed by atoms with van der Waals surface area (Å²) in [6.45, 7) is 2.77. The van der Waals surface area contributed by atoms with E-state index in [4.69, 9.17) is 4.74 Å². The standard InChI is InChI=1S/C21H25F4N5O/c1-2-26-20(28-12-15-5-3-6-17(11-15)31-14-21(23,24)25)29-16-8-10-30(13-16)19-18(22)7-4-9-27-19/h3-7,9,11,16H,2,8,10,12-14H2,1H3,(H2,26,28,29). The van der Waals surface area contributed by atoms with E-state index in [1.165, 1.54) is 12.1 Å². The van der Waals surface area contributed by atoms with Gasteiger partial charge in [-0.05, 0) is 43.2 Å². The maximum Gasteiger partial charge on any atom is 0.422 e. The van der Waals surface area contributed by atoms with Crippen molar-refractivity contribution >= 4 is 11.8 Å². The normalized spacial score (nSPS) is 17.0. The van der Waals surface area contributed by atoms with Gasteiger partial charge in [0.2, 0.25) is 0 Å². The number of nitrogens with zero attached hydrogens (tertiary/aromatic N) is 3. The summed E-state index contributed by atoms with van der Waals surface area (Å²) < 4.78 is 55.8. The molecular formula is C21H25F4N5O. The number of hydrogen-bond acceptors (Lipinski definition) is 4. The molecule has 2 N–H and O–H groups in total. The fourth-order valence-corrected chi connectivity index (χ4v) is 3.26. The molecule has 2 heterocycles. The van der Waals surface area contributed by atoms with Crippen molar-refractivity contribution in [3.63, 3.8) is 0 Å². The molecule has 1 aliphatic heterocycles. The lowest BCUT2D eigenvalue weighted by Gasteiger charge is -2.20. The monoisotopic (exact) mass is 439 g/mol. The molecule has 1 unspecified atom stereocenters. The molecule has 0 amide bonds. The van der Waals surface area contributed by atoms with Crippen molar-refractivity contribution in [2.45, 2.75) is 32.1 Å². The van der Waals surface area contributed by atoms with E-state index in [2.05, 4.69) is 20.6 Å². The van der Waals surface area contributed by atoms with Gasteiger partial charge in [0.05, 0.1) is 6.54 Å². The van der Waals surface area contributed by atoms with Gasteiger partial charge in [0, 0.05) is 31.9 Å². The van der Waals surface area contributed by atoms with Gasteiger partial charge in [-0.3, -0.25) is 0 Å². The first kappa shape index (κ1) is 22.6. The van der Waals surface area contributed by atoms with Crippen molar-refractivity contribution in [3.05, 3.63) is 54.0 Å². The number of alkyl halides is 3. The molecule has 0 radical (unpaired) electrons. The second kappa shape index (κ2) is 10.3. The average Bonchev–Trinajstić information content (AvgIpc) is 3.19. The van der Waals surface area contributed by atoms with Crippen molar-refractivity contribution in [2.24, 2.45) is 4.99 Å². The molecular weight excluding hydrogens is 414 g/mol. The second-order valence-electron chi connectivity index (χ2n) is 7.13. The molecule has 1 fully saturated rings. The molecule has 168 valence electrons. The van der Waals surface area contributed by atoms with Crippen LogP contribution >= 0.6 is 0 Å². The van der Waals surface area contributed by atoms with E-state index < -0.39 is 12.8 Å². The molecule has 6 nitrogen and oxygen atoms in total. The minimum atomic E-state index is -4.39. The number of pyridine rings is 1. The predicted octanol–water partition coefficient (Wildman–Crippen LogP) is 3.50. The fourth-order valence-electron chi connectivity index (χ4n) is 3.26. The molecule has 1 aromatic carbocycles. The fraction of sp³-hybridized carbons (Fsp3) is 0.429. The Morgan fingerprint density at radius 1 is 1.29 bits per heavy atom. The van der Waals surface area contributed by atoms with Crippen molar-refractivity contribution in [1.29, 1.82) is 0 Å². The Bertz CT molecular complexity index is 890. The lowest BCUT2D eigenvalue weighted by Crippen LogP contribution is -2.44. The van der Waals surface area contributed by atoms with Crippen LogP contribution in [0, 0.1) is 5.82 Å². The number of aliphatic imine (C=N–C) groups is 1. The smallest absolute Gasteiger partial charge is 0.422 e. The van der Waals surface area contributed by atoms with Gasteiger partial charge in [-0.15, -0.1) is 0 Å². The van der Waals surface area contributed by atoms with Crippen LogP contribution < -0.4 is 20.3 Å². The second-order valence-corrected chi connectivity index (χ2v) is 7.13. The van der Waals surface area contributed by atoms with Gasteiger partial charge in [-0.2, -0.15) is 13.2 Å². The first-order chi connectivity index (χ1) is 14.8. The Balaban J connectivity index is 1.59. The first-order valence-corrected chi connectivity index (χ1v) is 10.0. The summed E-state index contributed by atoms with van der Waals surface area (Å²) in [4.78, 5) is 10.5. The van der Waals surface area contributed by atoms with Crippen molar-refractivity contribution in [1.82, 2.24) is 15.6 Å². The summed E-state index contributed by atoms with van der Waals surface area (Å²) in [7, 11) is 0. The zero-order chi connectivity index (χ0) is 22.3. The number of rotatable bonds is 7. The van der Waals surface area contributed by atoms with Crippen LogP contribution in [-0.4, -0.2) is 49.4 Å². The number of nitrogens with one attached hydrogen (secondary N) is 2. The summed E-state index contributed by atoms with van der Waals surface area (Å²) in [5.41, 5.74) is 0.723. The van der Waals surface area contributed by atoms with Crippen LogP contribution in [0.2, 0.25) is 0 Å². The lowest BCUT2D eigenvalue weighted by atomic mass is 10.2. The van der Waals surface area contributed by atoms with E-state index >= 15 is 0 Å². The Kier molecular flexibility index (Phi) is 7.54. The van der Waals surface area contributed by atoms with Crippen LogP contribution in [0.5, 0.6) is 5.75 Å². The molecule has 31 heavy (non-hydrogen) atoms. The van der Waals surface area contributed by atoms with Gasteiger partial charge in [-0.1, -0.05) is 12.1 Å². The third-order valence-electron chi connectivity index (χ3n) is 4.63. The molecule has 0 aliphatic carbocycles. The summed E-state index contributed by atoms with van der Waals surface area (Å²) in [6, 6.07) is 9.43. The Hall–Kier alpha value is -3.04. The van der Waals surface area contributed by atoms with E-state index in [1.54, 1.807) is 30.5 Å².